The molecule has 2 atom stereocenters. The monoisotopic (exact) mass is 230 g/mol. The van der Waals surface area contributed by atoms with E-state index in [0.717, 1.165) is 5.92 Å². The fourth-order valence-corrected chi connectivity index (χ4v) is 3.09. The molecular formula is C14H27Cl. The minimum atomic E-state index is 0.505. The summed E-state index contributed by atoms with van der Waals surface area (Å²) < 4.78 is 0. The van der Waals surface area contributed by atoms with Crippen LogP contribution in [0.3, 0.4) is 0 Å². The molecule has 0 N–H and O–H groups in total. The van der Waals surface area contributed by atoms with Crippen molar-refractivity contribution in [3.63, 3.8) is 0 Å². The highest BCUT2D eigenvalue weighted by atomic mass is 35.5. The summed E-state index contributed by atoms with van der Waals surface area (Å²) in [5, 5.41) is 0.505. The van der Waals surface area contributed by atoms with Gasteiger partial charge in [0.15, 0.2) is 0 Å². The van der Waals surface area contributed by atoms with Crippen molar-refractivity contribution in [3.05, 3.63) is 0 Å². The van der Waals surface area contributed by atoms with E-state index < -0.39 is 0 Å². The standard InChI is InChI=1S/C14H27Cl/c1-2-3-4-5-6-7-8-10-13-11-9-12-14(13)15/h13-14H,2-12H2,1H3. The number of alkyl halides is 1. The van der Waals surface area contributed by atoms with Gasteiger partial charge in [0, 0.05) is 5.38 Å². The fraction of sp³-hybridized carbons (Fsp3) is 1.00. The van der Waals surface area contributed by atoms with Crippen molar-refractivity contribution in [2.45, 2.75) is 82.9 Å². The molecule has 2 unspecified atom stereocenters. The molecule has 90 valence electrons. The van der Waals surface area contributed by atoms with Crippen LogP contribution >= 0.6 is 11.6 Å². The molecule has 0 bridgehead atoms. The fourth-order valence-electron chi connectivity index (χ4n) is 2.68. The van der Waals surface area contributed by atoms with Gasteiger partial charge < -0.3 is 0 Å². The van der Waals surface area contributed by atoms with Crippen LogP contribution in [0.15, 0.2) is 0 Å². The van der Waals surface area contributed by atoms with E-state index >= 15 is 0 Å². The Morgan fingerprint density at radius 1 is 0.933 bits per heavy atom. The highest BCUT2D eigenvalue weighted by Gasteiger charge is 2.24. The zero-order valence-corrected chi connectivity index (χ0v) is 11.1. The zero-order chi connectivity index (χ0) is 10.9. The number of rotatable bonds is 8. The molecule has 0 amide bonds. The van der Waals surface area contributed by atoms with Gasteiger partial charge in [0.2, 0.25) is 0 Å². The van der Waals surface area contributed by atoms with Crippen LogP contribution in [0.1, 0.15) is 77.6 Å². The first-order chi connectivity index (χ1) is 7.34. The smallest absolute Gasteiger partial charge is 0.0364 e. The Labute approximate surface area is 101 Å². The summed E-state index contributed by atoms with van der Waals surface area (Å²) >= 11 is 6.26. The number of hydrogen-bond donors (Lipinski definition) is 0. The molecule has 0 aliphatic heterocycles. The van der Waals surface area contributed by atoms with Gasteiger partial charge >= 0.3 is 0 Å². The van der Waals surface area contributed by atoms with E-state index in [2.05, 4.69) is 6.92 Å². The Morgan fingerprint density at radius 2 is 1.60 bits per heavy atom. The maximum Gasteiger partial charge on any atom is 0.0364 e. The van der Waals surface area contributed by atoms with Gasteiger partial charge in [-0.1, -0.05) is 58.3 Å². The molecule has 0 spiro atoms. The number of unbranched alkanes of at least 4 members (excludes halogenated alkanes) is 6. The maximum absolute atomic E-state index is 6.26. The second kappa shape index (κ2) is 8.44. The van der Waals surface area contributed by atoms with Crippen molar-refractivity contribution in [2.75, 3.05) is 0 Å². The molecule has 0 aromatic carbocycles. The lowest BCUT2D eigenvalue weighted by Crippen LogP contribution is -2.06. The first-order valence-electron chi connectivity index (χ1n) is 6.98. The summed E-state index contributed by atoms with van der Waals surface area (Å²) in [6, 6.07) is 0. The first kappa shape index (κ1) is 13.4. The van der Waals surface area contributed by atoms with Crippen molar-refractivity contribution in [2.24, 2.45) is 5.92 Å². The molecule has 1 fully saturated rings. The van der Waals surface area contributed by atoms with Gasteiger partial charge in [-0.05, 0) is 25.2 Å². The minimum absolute atomic E-state index is 0.505. The van der Waals surface area contributed by atoms with E-state index in [1.54, 1.807) is 0 Å². The molecule has 0 nitrogen and oxygen atoms in total. The van der Waals surface area contributed by atoms with Crippen LogP contribution in [-0.2, 0) is 0 Å². The van der Waals surface area contributed by atoms with Crippen LogP contribution in [-0.4, -0.2) is 5.38 Å². The molecule has 1 aliphatic rings. The van der Waals surface area contributed by atoms with Gasteiger partial charge in [0.05, 0.1) is 0 Å². The van der Waals surface area contributed by atoms with Crippen LogP contribution in [0.2, 0.25) is 0 Å². The lowest BCUT2D eigenvalue weighted by Gasteiger charge is -2.12. The summed E-state index contributed by atoms with van der Waals surface area (Å²) in [5.41, 5.74) is 0. The lowest BCUT2D eigenvalue weighted by molar-refractivity contribution is 0.465. The molecule has 1 saturated carbocycles. The van der Waals surface area contributed by atoms with E-state index in [4.69, 9.17) is 11.6 Å². The normalized spacial score (nSPS) is 26.0. The van der Waals surface area contributed by atoms with E-state index in [-0.39, 0.29) is 0 Å². The van der Waals surface area contributed by atoms with Crippen LogP contribution in [0.25, 0.3) is 0 Å². The number of halogens is 1. The summed E-state index contributed by atoms with van der Waals surface area (Å²) in [6.07, 6.45) is 15.4. The van der Waals surface area contributed by atoms with E-state index in [1.807, 2.05) is 0 Å². The average Bonchev–Trinajstić information content (AvgIpc) is 2.63. The minimum Gasteiger partial charge on any atom is -0.123 e. The molecule has 15 heavy (non-hydrogen) atoms. The quantitative estimate of drug-likeness (QED) is 0.380. The van der Waals surface area contributed by atoms with Crippen LogP contribution in [0.4, 0.5) is 0 Å². The van der Waals surface area contributed by atoms with Gasteiger partial charge in [-0.25, -0.2) is 0 Å². The van der Waals surface area contributed by atoms with Crippen molar-refractivity contribution in [1.82, 2.24) is 0 Å². The summed E-state index contributed by atoms with van der Waals surface area (Å²) in [5.74, 6) is 0.849. The van der Waals surface area contributed by atoms with Crippen molar-refractivity contribution in [3.8, 4) is 0 Å². The average molecular weight is 231 g/mol. The second-order valence-corrected chi connectivity index (χ2v) is 5.68. The van der Waals surface area contributed by atoms with Crippen molar-refractivity contribution in [1.29, 1.82) is 0 Å². The largest absolute Gasteiger partial charge is 0.123 e. The SMILES string of the molecule is CCCCCCCCCC1CCCC1Cl. The predicted molar refractivity (Wildman–Crippen MR) is 69.6 cm³/mol. The third-order valence-corrected chi connectivity index (χ3v) is 4.32. The third kappa shape index (κ3) is 5.80. The highest BCUT2D eigenvalue weighted by molar-refractivity contribution is 6.20. The van der Waals surface area contributed by atoms with E-state index in [0.29, 0.717) is 5.38 Å². The molecule has 0 heterocycles. The van der Waals surface area contributed by atoms with Crippen LogP contribution in [0.5, 0.6) is 0 Å². The van der Waals surface area contributed by atoms with Crippen molar-refractivity contribution >= 4 is 11.6 Å². The summed E-state index contributed by atoms with van der Waals surface area (Å²) in [6.45, 7) is 2.28. The van der Waals surface area contributed by atoms with Crippen molar-refractivity contribution < 1.29 is 0 Å². The molecule has 0 aromatic heterocycles. The lowest BCUT2D eigenvalue weighted by atomic mass is 9.98. The van der Waals surface area contributed by atoms with Gasteiger partial charge in [-0.15, -0.1) is 11.6 Å². The molecule has 1 heteroatoms. The first-order valence-corrected chi connectivity index (χ1v) is 7.42. The second-order valence-electron chi connectivity index (χ2n) is 5.12. The van der Waals surface area contributed by atoms with Gasteiger partial charge in [0.25, 0.3) is 0 Å². The Hall–Kier alpha value is 0.290. The highest BCUT2D eigenvalue weighted by Crippen LogP contribution is 2.33. The topological polar surface area (TPSA) is 0 Å². The summed E-state index contributed by atoms with van der Waals surface area (Å²) in [7, 11) is 0. The Kier molecular flexibility index (Phi) is 7.52. The third-order valence-electron chi connectivity index (χ3n) is 3.74. The summed E-state index contributed by atoms with van der Waals surface area (Å²) in [4.78, 5) is 0. The maximum atomic E-state index is 6.26. The Bertz CT molecular complexity index is 144. The van der Waals surface area contributed by atoms with Crippen LogP contribution in [0, 0.1) is 5.92 Å². The molecule has 0 aromatic rings. The zero-order valence-electron chi connectivity index (χ0n) is 10.3. The molecular weight excluding hydrogens is 204 g/mol. The predicted octanol–water partition coefficient (Wildman–Crippen LogP) is 5.53. The Morgan fingerprint density at radius 3 is 2.20 bits per heavy atom. The van der Waals surface area contributed by atoms with Gasteiger partial charge in [-0.2, -0.15) is 0 Å². The molecule has 1 aliphatic carbocycles. The Balaban J connectivity index is 1.84. The molecule has 0 saturated heterocycles. The van der Waals surface area contributed by atoms with E-state index in [1.165, 1.54) is 70.6 Å². The van der Waals surface area contributed by atoms with Gasteiger partial charge in [-0.3, -0.25) is 0 Å². The van der Waals surface area contributed by atoms with Crippen LogP contribution < -0.4 is 0 Å². The number of hydrogen-bond acceptors (Lipinski definition) is 0. The van der Waals surface area contributed by atoms with Gasteiger partial charge in [0.1, 0.15) is 0 Å². The molecule has 1 rings (SSSR count). The molecule has 0 radical (unpaired) electrons. The van der Waals surface area contributed by atoms with E-state index in [9.17, 15) is 0 Å².